The van der Waals surface area contributed by atoms with E-state index in [-0.39, 0.29) is 5.91 Å². The van der Waals surface area contributed by atoms with Crippen LogP contribution in [0.5, 0.6) is 0 Å². The molecule has 0 saturated heterocycles. The summed E-state index contributed by atoms with van der Waals surface area (Å²) in [5.74, 6) is -2.42. The predicted molar refractivity (Wildman–Crippen MR) is 236 cm³/mol. The van der Waals surface area contributed by atoms with Crippen LogP contribution < -0.4 is 5.32 Å². The van der Waals surface area contributed by atoms with Crippen molar-refractivity contribution in [1.82, 2.24) is 34.9 Å². The molecule has 11 heteroatoms. The Morgan fingerprint density at radius 2 is 0.833 bits per heavy atom. The maximum atomic E-state index is 13.4. The molecule has 3 aliphatic rings. The quantitative estimate of drug-likeness (QED) is 0.124. The van der Waals surface area contributed by atoms with Crippen molar-refractivity contribution in [2.45, 2.75) is 25.7 Å². The van der Waals surface area contributed by atoms with Crippen LogP contribution in [0.15, 0.2) is 122 Å². The van der Waals surface area contributed by atoms with E-state index < -0.39 is 17.8 Å². The Bertz CT molecular complexity index is 2970. The van der Waals surface area contributed by atoms with Crippen LogP contribution in [-0.2, 0) is 9.59 Å². The van der Waals surface area contributed by atoms with Crippen molar-refractivity contribution >= 4 is 63.9 Å². The lowest BCUT2D eigenvalue weighted by molar-refractivity contribution is -0.147. The molecular formula is C49H38N8O3. The van der Waals surface area contributed by atoms with Crippen LogP contribution in [-0.4, -0.2) is 51.9 Å². The molecule has 0 spiro atoms. The molecule has 1 aromatic carbocycles. The average Bonchev–Trinajstić information content (AvgIpc) is 4.14. The summed E-state index contributed by atoms with van der Waals surface area (Å²) in [5, 5.41) is 12.8. The zero-order chi connectivity index (χ0) is 40.6. The number of anilines is 1. The molecule has 2 atom stereocenters. The molecule has 2 aliphatic heterocycles. The predicted octanol–water partition coefficient (Wildman–Crippen LogP) is 10.3. The van der Waals surface area contributed by atoms with Gasteiger partial charge in [0.05, 0.1) is 34.6 Å². The molecule has 11 nitrogen and oxygen atoms in total. The molecule has 8 bridgehead atoms. The second-order valence-electron chi connectivity index (χ2n) is 15.1. The number of amides is 1. The summed E-state index contributed by atoms with van der Waals surface area (Å²) in [7, 11) is 0. The highest BCUT2D eigenvalue weighted by molar-refractivity contribution is 6.00. The van der Waals surface area contributed by atoms with E-state index in [1.54, 1.807) is 37.2 Å². The molecule has 6 aromatic heterocycles. The first kappa shape index (κ1) is 36.5. The van der Waals surface area contributed by atoms with Crippen LogP contribution in [0.25, 0.3) is 90.9 Å². The highest BCUT2D eigenvalue weighted by Crippen LogP contribution is 2.39. The molecule has 1 aliphatic carbocycles. The van der Waals surface area contributed by atoms with Crippen LogP contribution in [0.2, 0.25) is 0 Å². The standard InChI is InChI=1S/C49H38N8O3/c58-48(34-3-1-2-4-35(34)49(59)60)53-33-7-5-29(6-8-33)44-36-9-11-38(54-36)45(30-17-23-50-24-18-30)40-13-15-42(56-40)47(32-21-27-52-28-22-32)43-16-14-41(57-43)46(31-19-25-51-26-20-31)39-12-10-37(44)55-39/h5-28,34-35,54,57H,1-4H2,(H,53,58)(H,59,60)/t34-,35-/m0/s1. The molecule has 7 aromatic rings. The fourth-order valence-corrected chi connectivity index (χ4v) is 8.67. The van der Waals surface area contributed by atoms with E-state index in [0.717, 1.165) is 102 Å². The van der Waals surface area contributed by atoms with E-state index in [0.29, 0.717) is 18.5 Å². The van der Waals surface area contributed by atoms with Crippen molar-refractivity contribution in [3.8, 4) is 44.5 Å². The highest BCUT2D eigenvalue weighted by atomic mass is 16.4. The van der Waals surface area contributed by atoms with E-state index in [4.69, 9.17) is 9.97 Å². The van der Waals surface area contributed by atoms with Gasteiger partial charge in [-0.2, -0.15) is 0 Å². The lowest BCUT2D eigenvalue weighted by Crippen LogP contribution is -2.36. The summed E-state index contributed by atoms with van der Waals surface area (Å²) in [6.45, 7) is 0. The van der Waals surface area contributed by atoms with Crippen molar-refractivity contribution < 1.29 is 14.7 Å². The Morgan fingerprint density at radius 3 is 1.20 bits per heavy atom. The number of rotatable bonds is 7. The molecule has 60 heavy (non-hydrogen) atoms. The normalized spacial score (nSPS) is 15.8. The average molecular weight is 787 g/mol. The first-order chi connectivity index (χ1) is 29.5. The Kier molecular flexibility index (Phi) is 9.45. The summed E-state index contributed by atoms with van der Waals surface area (Å²) in [6.07, 6.45) is 21.6. The molecular weight excluding hydrogens is 749 g/mol. The second kappa shape index (κ2) is 15.5. The zero-order valence-corrected chi connectivity index (χ0v) is 32.3. The van der Waals surface area contributed by atoms with Crippen molar-refractivity contribution in [1.29, 1.82) is 0 Å². The van der Waals surface area contributed by atoms with E-state index in [1.165, 1.54) is 0 Å². The minimum Gasteiger partial charge on any atom is -0.481 e. The number of aromatic amines is 2. The largest absolute Gasteiger partial charge is 0.481 e. The number of nitrogens with zero attached hydrogens (tertiary/aromatic N) is 5. The van der Waals surface area contributed by atoms with E-state index in [9.17, 15) is 14.7 Å². The minimum atomic E-state index is -0.915. The van der Waals surface area contributed by atoms with Gasteiger partial charge in [-0.25, -0.2) is 9.97 Å². The van der Waals surface area contributed by atoms with Crippen LogP contribution in [0, 0.1) is 11.8 Å². The number of carbonyl (C=O) groups excluding carboxylic acids is 1. The first-order valence-corrected chi connectivity index (χ1v) is 20.0. The molecule has 4 N–H and O–H groups in total. The van der Waals surface area contributed by atoms with Gasteiger partial charge in [0.1, 0.15) is 0 Å². The summed E-state index contributed by atoms with van der Waals surface area (Å²) < 4.78 is 0. The van der Waals surface area contributed by atoms with E-state index >= 15 is 0 Å². The Balaban J connectivity index is 1.22. The monoisotopic (exact) mass is 786 g/mol. The third-order valence-corrected chi connectivity index (χ3v) is 11.5. The summed E-state index contributed by atoms with van der Waals surface area (Å²) in [6, 6.07) is 27.9. The number of carbonyl (C=O) groups is 2. The fraction of sp³-hybridized carbons (Fsp3) is 0.122. The first-order valence-electron chi connectivity index (χ1n) is 20.0. The van der Waals surface area contributed by atoms with Crippen LogP contribution in [0.4, 0.5) is 5.69 Å². The number of carboxylic acid groups (broad SMARTS) is 1. The van der Waals surface area contributed by atoms with Gasteiger partial charge in [-0.1, -0.05) is 25.0 Å². The molecule has 10 rings (SSSR count). The maximum absolute atomic E-state index is 13.4. The molecule has 8 heterocycles. The number of aromatic nitrogens is 7. The SMILES string of the molecule is O=C(O)[C@H]1CCCC[C@@H]1C(=O)Nc1ccc(-c2c3nc(c(-c4ccncc4)c4ccc([nH]4)c(-c4ccncc4)c4nc(c(-c5ccncc5)c5ccc2[nH]5)C=C4)C=C3)cc1. The third-order valence-electron chi connectivity index (χ3n) is 11.5. The number of H-pyrrole nitrogens is 2. The smallest absolute Gasteiger partial charge is 0.307 e. The van der Waals surface area contributed by atoms with Crippen LogP contribution >= 0.6 is 0 Å². The zero-order valence-electron chi connectivity index (χ0n) is 32.3. The van der Waals surface area contributed by atoms with Gasteiger partial charge in [-0.3, -0.25) is 24.5 Å². The fourth-order valence-electron chi connectivity index (χ4n) is 8.67. The van der Waals surface area contributed by atoms with Gasteiger partial charge in [-0.05, 0) is 132 Å². The van der Waals surface area contributed by atoms with Crippen molar-refractivity contribution in [3.05, 3.63) is 145 Å². The maximum Gasteiger partial charge on any atom is 0.307 e. The number of hydrogen-bond donors (Lipinski definition) is 4. The van der Waals surface area contributed by atoms with Gasteiger partial charge < -0.3 is 20.4 Å². The van der Waals surface area contributed by atoms with Crippen LogP contribution in [0.1, 0.15) is 48.5 Å². The van der Waals surface area contributed by atoms with Crippen molar-refractivity contribution in [3.63, 3.8) is 0 Å². The lowest BCUT2D eigenvalue weighted by atomic mass is 9.78. The van der Waals surface area contributed by atoms with E-state index in [2.05, 4.69) is 66.7 Å². The Morgan fingerprint density at radius 1 is 0.483 bits per heavy atom. The molecule has 1 saturated carbocycles. The Hall–Kier alpha value is -7.79. The number of hydrogen-bond acceptors (Lipinski definition) is 7. The van der Waals surface area contributed by atoms with Gasteiger partial charge in [0.2, 0.25) is 5.91 Å². The van der Waals surface area contributed by atoms with Gasteiger partial charge >= 0.3 is 5.97 Å². The number of fused-ring (bicyclic) bond motifs is 8. The molecule has 0 radical (unpaired) electrons. The highest BCUT2D eigenvalue weighted by Gasteiger charge is 2.35. The summed E-state index contributed by atoms with van der Waals surface area (Å²) >= 11 is 0. The molecule has 0 unspecified atom stereocenters. The number of benzene rings is 1. The number of carboxylic acids is 1. The Labute approximate surface area is 344 Å². The second-order valence-corrected chi connectivity index (χ2v) is 15.1. The lowest BCUT2D eigenvalue weighted by Gasteiger charge is -2.27. The molecule has 1 amide bonds. The number of nitrogens with one attached hydrogen (secondary N) is 3. The molecule has 292 valence electrons. The topological polar surface area (TPSA) is 162 Å². The van der Waals surface area contributed by atoms with Crippen molar-refractivity contribution in [2.75, 3.05) is 5.32 Å². The van der Waals surface area contributed by atoms with Gasteiger partial charge in [0.15, 0.2) is 0 Å². The summed E-state index contributed by atoms with van der Waals surface area (Å²) in [4.78, 5) is 56.4. The number of pyridine rings is 3. The van der Waals surface area contributed by atoms with Gasteiger partial charge in [0.25, 0.3) is 0 Å². The van der Waals surface area contributed by atoms with Gasteiger partial charge in [-0.15, -0.1) is 0 Å². The summed E-state index contributed by atoms with van der Waals surface area (Å²) in [5.41, 5.74) is 14.5. The third kappa shape index (κ3) is 6.85. The van der Waals surface area contributed by atoms with Gasteiger partial charge in [0, 0.05) is 87.2 Å². The van der Waals surface area contributed by atoms with Crippen molar-refractivity contribution in [2.24, 2.45) is 11.8 Å². The van der Waals surface area contributed by atoms with E-state index in [1.807, 2.05) is 72.8 Å². The van der Waals surface area contributed by atoms with Crippen LogP contribution in [0.3, 0.4) is 0 Å². The molecule has 1 fully saturated rings. The minimum absolute atomic E-state index is 0.260. The number of aliphatic carboxylic acids is 1.